The van der Waals surface area contributed by atoms with Gasteiger partial charge in [0.25, 0.3) is 0 Å². The van der Waals surface area contributed by atoms with Crippen LogP contribution in [0.4, 0.5) is 11.8 Å². The molecule has 1 atom stereocenters. The van der Waals surface area contributed by atoms with Crippen molar-refractivity contribution in [1.29, 1.82) is 0 Å². The maximum atomic E-state index is 5.65. The Morgan fingerprint density at radius 1 is 1.53 bits per heavy atom. The molecule has 0 spiro atoms. The molecule has 6 heteroatoms. The minimum Gasteiger partial charge on any atom is -0.368 e. The molecule has 0 aromatic carbocycles. The highest BCUT2D eigenvalue weighted by Crippen LogP contribution is 2.36. The summed E-state index contributed by atoms with van der Waals surface area (Å²) in [5, 5.41) is 3.33. The second-order valence-corrected chi connectivity index (χ2v) is 4.73. The molecular formula is C11H16N6. The van der Waals surface area contributed by atoms with Crippen LogP contribution in [0.5, 0.6) is 0 Å². The van der Waals surface area contributed by atoms with Crippen LogP contribution in [0.2, 0.25) is 0 Å². The molecule has 1 unspecified atom stereocenters. The van der Waals surface area contributed by atoms with E-state index in [1.807, 2.05) is 0 Å². The Bertz CT molecular complexity index is 530. The number of nitrogens with one attached hydrogen (secondary N) is 2. The first-order valence-corrected chi connectivity index (χ1v) is 5.94. The number of rotatable bonds is 4. The molecule has 2 aromatic heterocycles. The molecule has 90 valence electrons. The number of hydrogen-bond acceptors (Lipinski definition) is 5. The molecule has 2 aromatic rings. The minimum atomic E-state index is 0.256. The summed E-state index contributed by atoms with van der Waals surface area (Å²) < 4.78 is 0. The number of imidazole rings is 1. The van der Waals surface area contributed by atoms with Gasteiger partial charge in [0.15, 0.2) is 11.5 Å². The van der Waals surface area contributed by atoms with Gasteiger partial charge in [-0.2, -0.15) is 9.97 Å². The van der Waals surface area contributed by atoms with Gasteiger partial charge in [0.2, 0.25) is 5.95 Å². The maximum absolute atomic E-state index is 5.65. The normalized spacial score (nSPS) is 17.2. The Kier molecular flexibility index (Phi) is 2.35. The second kappa shape index (κ2) is 3.87. The zero-order valence-electron chi connectivity index (χ0n) is 9.77. The van der Waals surface area contributed by atoms with Crippen LogP contribution in [0.25, 0.3) is 11.2 Å². The Morgan fingerprint density at radius 2 is 2.35 bits per heavy atom. The lowest BCUT2D eigenvalue weighted by Gasteiger charge is -2.12. The highest BCUT2D eigenvalue weighted by molar-refractivity contribution is 5.83. The fraction of sp³-hybridized carbons (Fsp3) is 0.545. The van der Waals surface area contributed by atoms with Crippen LogP contribution in [-0.2, 0) is 0 Å². The van der Waals surface area contributed by atoms with Gasteiger partial charge in [0, 0.05) is 6.54 Å². The summed E-state index contributed by atoms with van der Waals surface area (Å²) in [6.45, 7) is 3.18. The van der Waals surface area contributed by atoms with Crippen molar-refractivity contribution in [1.82, 2.24) is 19.9 Å². The molecule has 1 saturated carbocycles. The van der Waals surface area contributed by atoms with Crippen molar-refractivity contribution >= 4 is 22.9 Å². The first-order valence-electron chi connectivity index (χ1n) is 5.94. The smallest absolute Gasteiger partial charge is 0.224 e. The first-order chi connectivity index (χ1) is 8.24. The first kappa shape index (κ1) is 10.3. The number of hydrogen-bond donors (Lipinski definition) is 3. The number of nitrogen functional groups attached to an aromatic ring is 1. The molecule has 0 aliphatic heterocycles. The lowest BCUT2D eigenvalue weighted by molar-refractivity contribution is 0.536. The maximum Gasteiger partial charge on any atom is 0.224 e. The predicted octanol–water partition coefficient (Wildman–Crippen LogP) is 1.39. The van der Waals surface area contributed by atoms with E-state index in [0.717, 1.165) is 23.8 Å². The molecule has 2 heterocycles. The molecular weight excluding hydrogens is 216 g/mol. The Morgan fingerprint density at radius 3 is 3.12 bits per heavy atom. The van der Waals surface area contributed by atoms with Crippen LogP contribution in [0.15, 0.2) is 6.33 Å². The molecule has 0 amide bonds. The third-order valence-electron chi connectivity index (χ3n) is 3.32. The van der Waals surface area contributed by atoms with Gasteiger partial charge in [0.1, 0.15) is 5.52 Å². The van der Waals surface area contributed by atoms with Gasteiger partial charge in [-0.1, -0.05) is 6.92 Å². The van der Waals surface area contributed by atoms with Gasteiger partial charge in [-0.15, -0.1) is 0 Å². The monoisotopic (exact) mass is 232 g/mol. The van der Waals surface area contributed by atoms with Crippen LogP contribution in [0, 0.1) is 11.8 Å². The van der Waals surface area contributed by atoms with Gasteiger partial charge >= 0.3 is 0 Å². The van der Waals surface area contributed by atoms with Gasteiger partial charge in [-0.25, -0.2) is 4.98 Å². The van der Waals surface area contributed by atoms with Crippen LogP contribution in [-0.4, -0.2) is 26.5 Å². The highest BCUT2D eigenvalue weighted by atomic mass is 15.1. The summed E-state index contributed by atoms with van der Waals surface area (Å²) in [6.07, 6.45) is 4.32. The molecule has 4 N–H and O–H groups in total. The topological polar surface area (TPSA) is 92.5 Å². The average molecular weight is 232 g/mol. The van der Waals surface area contributed by atoms with E-state index in [0.29, 0.717) is 11.6 Å². The van der Waals surface area contributed by atoms with Crippen LogP contribution >= 0.6 is 0 Å². The zero-order chi connectivity index (χ0) is 11.8. The summed E-state index contributed by atoms with van der Waals surface area (Å²) in [7, 11) is 0. The molecule has 1 aliphatic rings. The number of H-pyrrole nitrogens is 1. The fourth-order valence-electron chi connectivity index (χ4n) is 2.07. The van der Waals surface area contributed by atoms with Gasteiger partial charge < -0.3 is 16.0 Å². The van der Waals surface area contributed by atoms with Crippen molar-refractivity contribution in [3.63, 3.8) is 0 Å². The predicted molar refractivity (Wildman–Crippen MR) is 66.5 cm³/mol. The van der Waals surface area contributed by atoms with E-state index in [4.69, 9.17) is 5.73 Å². The van der Waals surface area contributed by atoms with Crippen molar-refractivity contribution in [2.45, 2.75) is 19.8 Å². The molecule has 0 bridgehead atoms. The second-order valence-electron chi connectivity index (χ2n) is 4.73. The van der Waals surface area contributed by atoms with Crippen LogP contribution in [0.3, 0.4) is 0 Å². The Balaban J connectivity index is 1.80. The van der Waals surface area contributed by atoms with E-state index in [-0.39, 0.29) is 5.95 Å². The molecule has 6 nitrogen and oxygen atoms in total. The van der Waals surface area contributed by atoms with Crippen molar-refractivity contribution in [3.05, 3.63) is 6.33 Å². The largest absolute Gasteiger partial charge is 0.368 e. The standard InChI is InChI=1S/C11H16N6/c1-6(7-2-3-7)4-13-9-8-10(15-5-14-8)17-11(12)16-9/h5-7H,2-4H2,1H3,(H4,12,13,14,15,16,17). The summed E-state index contributed by atoms with van der Waals surface area (Å²) in [5.41, 5.74) is 7.08. The van der Waals surface area contributed by atoms with Crippen LogP contribution in [0.1, 0.15) is 19.8 Å². The van der Waals surface area contributed by atoms with E-state index in [2.05, 4.69) is 32.2 Å². The quantitative estimate of drug-likeness (QED) is 0.740. The minimum absolute atomic E-state index is 0.256. The summed E-state index contributed by atoms with van der Waals surface area (Å²) >= 11 is 0. The Labute approximate surface area is 99.1 Å². The third-order valence-corrected chi connectivity index (χ3v) is 3.32. The van der Waals surface area contributed by atoms with E-state index in [1.54, 1.807) is 6.33 Å². The number of nitrogens with zero attached hydrogens (tertiary/aromatic N) is 3. The lowest BCUT2D eigenvalue weighted by Crippen LogP contribution is -2.14. The van der Waals surface area contributed by atoms with E-state index >= 15 is 0 Å². The Hall–Kier alpha value is -1.85. The van der Waals surface area contributed by atoms with Crippen molar-refractivity contribution in [3.8, 4) is 0 Å². The lowest BCUT2D eigenvalue weighted by atomic mass is 10.1. The van der Waals surface area contributed by atoms with E-state index in [1.165, 1.54) is 12.8 Å². The molecule has 1 fully saturated rings. The molecule has 0 radical (unpaired) electrons. The summed E-state index contributed by atoms with van der Waals surface area (Å²) in [5.74, 6) is 2.55. The number of aromatic nitrogens is 4. The number of aromatic amines is 1. The molecule has 17 heavy (non-hydrogen) atoms. The third kappa shape index (κ3) is 2.02. The van der Waals surface area contributed by atoms with Gasteiger partial charge in [0.05, 0.1) is 6.33 Å². The molecule has 1 aliphatic carbocycles. The van der Waals surface area contributed by atoms with Crippen molar-refractivity contribution < 1.29 is 0 Å². The molecule has 0 saturated heterocycles. The zero-order valence-corrected chi connectivity index (χ0v) is 9.77. The van der Waals surface area contributed by atoms with E-state index < -0.39 is 0 Å². The number of anilines is 2. The van der Waals surface area contributed by atoms with Gasteiger partial charge in [-0.3, -0.25) is 0 Å². The van der Waals surface area contributed by atoms with Crippen molar-refractivity contribution in [2.24, 2.45) is 11.8 Å². The average Bonchev–Trinajstić information content (AvgIpc) is 3.05. The summed E-state index contributed by atoms with van der Waals surface area (Å²) in [6, 6.07) is 0. The van der Waals surface area contributed by atoms with Gasteiger partial charge in [-0.05, 0) is 24.7 Å². The SMILES string of the molecule is CC(CNc1nc(N)nc2nc[nH]c12)C1CC1. The molecule has 3 rings (SSSR count). The number of fused-ring (bicyclic) bond motifs is 1. The highest BCUT2D eigenvalue weighted by Gasteiger charge is 2.27. The number of nitrogens with two attached hydrogens (primary N) is 1. The van der Waals surface area contributed by atoms with E-state index in [9.17, 15) is 0 Å². The van der Waals surface area contributed by atoms with Crippen LogP contribution < -0.4 is 11.1 Å². The van der Waals surface area contributed by atoms with Crippen molar-refractivity contribution in [2.75, 3.05) is 17.6 Å². The summed E-state index contributed by atoms with van der Waals surface area (Å²) in [4.78, 5) is 15.4. The fourth-order valence-corrected chi connectivity index (χ4v) is 2.07.